The van der Waals surface area contributed by atoms with Crippen molar-refractivity contribution in [2.24, 2.45) is 50.2 Å². The van der Waals surface area contributed by atoms with Gasteiger partial charge in [-0.15, -0.1) is 0 Å². The van der Waals surface area contributed by atoms with Crippen LogP contribution in [0.3, 0.4) is 0 Å². The van der Waals surface area contributed by atoms with Crippen molar-refractivity contribution < 1.29 is 148 Å². The summed E-state index contributed by atoms with van der Waals surface area (Å²) in [5.74, 6) is -4.85. The molecule has 5 aliphatic heterocycles. The van der Waals surface area contributed by atoms with Crippen LogP contribution in [0.4, 0.5) is 0 Å². The van der Waals surface area contributed by atoms with E-state index in [4.69, 9.17) is 47.4 Å². The normalized spacial score (nSPS) is 52.1. The van der Waals surface area contributed by atoms with E-state index in [0.29, 0.717) is 38.5 Å². The smallest absolute Gasteiger partial charge is 0.335 e. The Kier molecular flexibility index (Phi) is 20.5. The van der Waals surface area contributed by atoms with Crippen LogP contribution in [0, 0.1) is 50.2 Å². The molecular formula is C60H93NO30. The van der Waals surface area contributed by atoms with E-state index in [1.165, 1.54) is 0 Å². The van der Waals surface area contributed by atoms with E-state index >= 15 is 4.79 Å². The second kappa shape index (κ2) is 26.4. The van der Waals surface area contributed by atoms with Crippen LogP contribution in [0.1, 0.15) is 99.3 Å². The van der Waals surface area contributed by atoms with Crippen molar-refractivity contribution in [3.05, 3.63) is 11.6 Å². The van der Waals surface area contributed by atoms with Crippen molar-refractivity contribution in [1.82, 2.24) is 5.32 Å². The number of amides is 1. The molecule has 0 aromatic carbocycles. The third-order valence-electron chi connectivity index (χ3n) is 23.2. The summed E-state index contributed by atoms with van der Waals surface area (Å²) in [6.45, 7) is 8.48. The van der Waals surface area contributed by atoms with Crippen molar-refractivity contribution in [2.45, 2.75) is 253 Å². The predicted octanol–water partition coefficient (Wildman–Crippen LogP) is -5.57. The van der Waals surface area contributed by atoms with Crippen molar-refractivity contribution in [3.8, 4) is 0 Å². The summed E-state index contributed by atoms with van der Waals surface area (Å²) in [6.07, 6.45) is -36.5. The lowest BCUT2D eigenvalue weighted by atomic mass is 9.33. The maximum Gasteiger partial charge on any atom is 0.335 e. The molecule has 0 bridgehead atoms. The zero-order valence-corrected chi connectivity index (χ0v) is 51.6. The average Bonchev–Trinajstić information content (AvgIpc) is 0.916. The number of carboxylic acids is 1. The Morgan fingerprint density at radius 1 is 0.615 bits per heavy atom. The number of nitrogens with one attached hydrogen (secondary N) is 1. The standard InChI is InChI=1S/C60H93NO30/c1-55(2)13-14-60(54(81)91-52-42(76)38(72)34(26(17-62)84-52)61-33(68)21-83-49-41(75)37(71)28(19-64)85-49)24(15-55)23-7-8-30-56(3)11-10-32(57(4,22-65)29(56)9-12-58(30,5)59(23,6)16-31(60)67)87-53-47(90-51-43(77)39(73)36(70)27(18-63)86-51)45(44(78)46(89-53)48(79)80)88-50-40(74)35(69)25(66)20-82-50/h7,22,24-32,34-47,49-53,62-64,66-67,69-78H,8-21H2,1-6H3,(H,61,68)(H,79,80)/t24?,25-,26-,27?,28+,29-,30?,31?,32+,34+,35+,36+,37?,38?,39+,40?,41?,42?,43?,44+,45+,46?,47?,49-,50+,51+,52+,53-,56?,57-,58+,59-,60-/m1/s1. The Balaban J connectivity index is 0.896. The van der Waals surface area contributed by atoms with Crippen LogP contribution in [0.2, 0.25) is 0 Å². The molecule has 0 radical (unpaired) electrons. The molecule has 518 valence electrons. The number of carbonyl (C=O) groups excluding carboxylic acids is 3. The number of hydrogen-bond acceptors (Lipinski definition) is 29. The molecule has 31 nitrogen and oxygen atoms in total. The summed E-state index contributed by atoms with van der Waals surface area (Å²) in [5, 5.41) is 175. The molecule has 91 heavy (non-hydrogen) atoms. The molecule has 31 heteroatoms. The van der Waals surface area contributed by atoms with Gasteiger partial charge in [0.05, 0.1) is 50.1 Å². The number of esters is 1. The molecule has 10 rings (SSSR count). The van der Waals surface area contributed by atoms with Gasteiger partial charge in [-0.25, -0.2) is 4.79 Å². The minimum absolute atomic E-state index is 0.0706. The van der Waals surface area contributed by atoms with Gasteiger partial charge in [-0.05, 0) is 97.2 Å². The van der Waals surface area contributed by atoms with E-state index in [1.54, 1.807) is 6.92 Å². The van der Waals surface area contributed by atoms with Crippen LogP contribution in [-0.2, 0) is 66.5 Å². The number of carboxylic acid groups (broad SMARTS) is 1. The van der Waals surface area contributed by atoms with E-state index in [9.17, 15) is 96.1 Å². The number of fused-ring (bicyclic) bond motifs is 7. The van der Waals surface area contributed by atoms with Gasteiger partial charge in [-0.1, -0.05) is 53.2 Å². The van der Waals surface area contributed by atoms with Gasteiger partial charge in [-0.3, -0.25) is 9.59 Å². The molecule has 9 fully saturated rings. The number of carbonyl (C=O) groups is 4. The number of aliphatic hydroxyl groups excluding tert-OH is 15. The fourth-order valence-electron chi connectivity index (χ4n) is 17.8. The third-order valence-corrected chi connectivity index (χ3v) is 23.2. The summed E-state index contributed by atoms with van der Waals surface area (Å²) >= 11 is 0. The molecule has 13 unspecified atom stereocenters. The van der Waals surface area contributed by atoms with E-state index in [2.05, 4.69) is 46.0 Å². The molecule has 33 atom stereocenters. The van der Waals surface area contributed by atoms with Gasteiger partial charge in [0.1, 0.15) is 116 Å². The number of aliphatic hydroxyl groups is 15. The molecule has 1 amide bonds. The summed E-state index contributed by atoms with van der Waals surface area (Å²) < 4.78 is 58.6. The van der Waals surface area contributed by atoms with Crippen LogP contribution in [-0.4, -0.2) is 292 Å². The SMILES string of the molecule is CC1(C)CC[C@]2(C(=O)O[C@@H]3O[C@H](CO)[C@H](NC(=O)CO[C@@H]4O[C@@H](CO)C(O)C4O)C(O)C3O)C(O)C[C@]3(C)C(=CCC4C5(C)CC[C@H](O[C@@H]6OC(C(=O)O)[C@@H](O)[C@H](O[C@@H]7OC[C@@H](O)[C@H](O)C7O)C6O[C@@H]6OC(CO)[C@H](O)[C@H](O)C6O)[C@](C)(C=O)[C@@H]5CC[C@@]43C)C2C1. The minimum atomic E-state index is -2.21. The third kappa shape index (κ3) is 11.9. The van der Waals surface area contributed by atoms with Gasteiger partial charge in [0, 0.05) is 0 Å². The Bertz CT molecular complexity index is 2650. The molecule has 5 aliphatic carbocycles. The fraction of sp³-hybridized carbons (Fsp3) is 0.900. The van der Waals surface area contributed by atoms with Gasteiger partial charge in [-0.2, -0.15) is 0 Å². The van der Waals surface area contributed by atoms with Crippen molar-refractivity contribution in [2.75, 3.05) is 33.0 Å². The van der Waals surface area contributed by atoms with E-state index < -0.39 is 243 Å². The number of hydrogen-bond donors (Lipinski definition) is 17. The van der Waals surface area contributed by atoms with E-state index in [1.807, 2.05) is 0 Å². The molecule has 5 heterocycles. The zero-order valence-electron chi connectivity index (χ0n) is 51.6. The first kappa shape index (κ1) is 70.7. The highest BCUT2D eigenvalue weighted by molar-refractivity contribution is 5.80. The maximum absolute atomic E-state index is 15.2. The first-order valence-corrected chi connectivity index (χ1v) is 31.4. The van der Waals surface area contributed by atoms with Crippen LogP contribution in [0.15, 0.2) is 11.6 Å². The highest BCUT2D eigenvalue weighted by Gasteiger charge is 2.73. The average molecular weight is 1310 g/mol. The summed E-state index contributed by atoms with van der Waals surface area (Å²) in [7, 11) is 0. The number of allylic oxidation sites excluding steroid dienone is 2. The molecule has 17 N–H and O–H groups in total. The fourth-order valence-corrected chi connectivity index (χ4v) is 17.8. The molecule has 10 aliphatic rings. The van der Waals surface area contributed by atoms with Gasteiger partial charge in [0.15, 0.2) is 31.3 Å². The van der Waals surface area contributed by atoms with Gasteiger partial charge < -0.3 is 139 Å². The number of ether oxygens (including phenoxy) is 10. The van der Waals surface area contributed by atoms with Crippen molar-refractivity contribution in [1.29, 1.82) is 0 Å². The molecular weight excluding hydrogens is 1210 g/mol. The largest absolute Gasteiger partial charge is 0.479 e. The van der Waals surface area contributed by atoms with Crippen molar-refractivity contribution in [3.63, 3.8) is 0 Å². The molecule has 0 aromatic rings. The Morgan fingerprint density at radius 3 is 1.87 bits per heavy atom. The van der Waals surface area contributed by atoms with Crippen LogP contribution in [0.25, 0.3) is 0 Å². The molecule has 0 spiro atoms. The van der Waals surface area contributed by atoms with Crippen LogP contribution >= 0.6 is 0 Å². The second-order valence-corrected chi connectivity index (χ2v) is 28.7. The van der Waals surface area contributed by atoms with Crippen LogP contribution in [0.5, 0.6) is 0 Å². The maximum atomic E-state index is 15.2. The second-order valence-electron chi connectivity index (χ2n) is 28.7. The zero-order chi connectivity index (χ0) is 66.6. The lowest BCUT2D eigenvalue weighted by Gasteiger charge is -2.71. The molecule has 4 saturated carbocycles. The number of aliphatic carboxylic acids is 1. The number of rotatable bonds is 17. The highest BCUT2D eigenvalue weighted by Crippen LogP contribution is 2.76. The monoisotopic (exact) mass is 1310 g/mol. The summed E-state index contributed by atoms with van der Waals surface area (Å²) in [5.41, 5.74) is -4.55. The van der Waals surface area contributed by atoms with E-state index in [-0.39, 0.29) is 30.6 Å². The van der Waals surface area contributed by atoms with Gasteiger partial charge in [0.2, 0.25) is 12.2 Å². The van der Waals surface area contributed by atoms with Crippen LogP contribution < -0.4 is 5.32 Å². The summed E-state index contributed by atoms with van der Waals surface area (Å²) in [4.78, 5) is 55.3. The first-order chi connectivity index (χ1) is 42.7. The minimum Gasteiger partial charge on any atom is -0.479 e. The lowest BCUT2D eigenvalue weighted by molar-refractivity contribution is -0.391. The van der Waals surface area contributed by atoms with E-state index in [0.717, 1.165) is 11.9 Å². The van der Waals surface area contributed by atoms with Gasteiger partial charge in [0.25, 0.3) is 0 Å². The van der Waals surface area contributed by atoms with Crippen molar-refractivity contribution >= 4 is 24.1 Å². The first-order valence-electron chi connectivity index (χ1n) is 31.4. The topological polar surface area (TPSA) is 496 Å². The number of aldehydes is 1. The Hall–Kier alpha value is -3.14. The molecule has 5 saturated heterocycles. The Labute approximate surface area is 524 Å². The predicted molar refractivity (Wildman–Crippen MR) is 299 cm³/mol. The molecule has 0 aromatic heterocycles. The van der Waals surface area contributed by atoms with Gasteiger partial charge >= 0.3 is 11.9 Å². The Morgan fingerprint density at radius 2 is 1.22 bits per heavy atom. The lowest BCUT2D eigenvalue weighted by Crippen LogP contribution is -2.69. The quantitative estimate of drug-likeness (QED) is 0.0279. The summed E-state index contributed by atoms with van der Waals surface area (Å²) in [6, 6.07) is -1.49. The highest BCUT2D eigenvalue weighted by atomic mass is 16.8.